The molecule has 0 spiro atoms. The summed E-state index contributed by atoms with van der Waals surface area (Å²) < 4.78 is 1.27. The van der Waals surface area contributed by atoms with Gasteiger partial charge in [0.15, 0.2) is 0 Å². The van der Waals surface area contributed by atoms with Gasteiger partial charge in [0, 0.05) is 42.7 Å². The predicted octanol–water partition coefficient (Wildman–Crippen LogP) is 0.823. The Kier molecular flexibility index (Phi) is 4.89. The van der Waals surface area contributed by atoms with E-state index in [0.29, 0.717) is 24.7 Å². The number of piperidine rings is 1. The van der Waals surface area contributed by atoms with Crippen LogP contribution in [-0.4, -0.2) is 44.1 Å². The minimum absolute atomic E-state index is 0.234. The molecule has 128 valence electrons. The fourth-order valence-electron chi connectivity index (χ4n) is 3.24. The van der Waals surface area contributed by atoms with Gasteiger partial charge in [-0.1, -0.05) is 0 Å². The summed E-state index contributed by atoms with van der Waals surface area (Å²) in [6.45, 7) is 6.66. The Hall–Kier alpha value is -2.28. The number of aromatic nitrogens is 4. The zero-order valence-electron chi connectivity index (χ0n) is 14.2. The lowest BCUT2D eigenvalue weighted by molar-refractivity contribution is 0.202. The van der Waals surface area contributed by atoms with E-state index >= 15 is 0 Å². The lowest BCUT2D eigenvalue weighted by Crippen LogP contribution is -2.41. The molecule has 1 N–H and O–H groups in total. The standard InChI is InChI=1S/C17H23N5O2/c1-12-11-16(23)22(17(24)19-12)10-9-21-7-4-14(5-8-21)15-3-6-18-13(2)20-15/h3,6,11,14H,4-5,7-10H2,1-2H3,(H,19,24). The quantitative estimate of drug-likeness (QED) is 0.898. The third-order valence-electron chi connectivity index (χ3n) is 4.60. The van der Waals surface area contributed by atoms with Crippen molar-refractivity contribution in [2.24, 2.45) is 0 Å². The zero-order chi connectivity index (χ0) is 17.1. The molecule has 7 heteroatoms. The summed E-state index contributed by atoms with van der Waals surface area (Å²) in [7, 11) is 0. The number of rotatable bonds is 4. The number of likely N-dealkylation sites (tertiary alicyclic amines) is 1. The van der Waals surface area contributed by atoms with Gasteiger partial charge < -0.3 is 9.88 Å². The maximum Gasteiger partial charge on any atom is 0.328 e. The normalized spacial score (nSPS) is 16.4. The van der Waals surface area contributed by atoms with Gasteiger partial charge in [0.25, 0.3) is 5.56 Å². The first-order chi connectivity index (χ1) is 11.5. The molecule has 0 amide bonds. The van der Waals surface area contributed by atoms with E-state index in [4.69, 9.17) is 0 Å². The Balaban J connectivity index is 1.57. The number of hydrogen-bond donors (Lipinski definition) is 1. The smallest absolute Gasteiger partial charge is 0.311 e. The number of aryl methyl sites for hydroxylation is 2. The first kappa shape index (κ1) is 16.6. The monoisotopic (exact) mass is 329 g/mol. The van der Waals surface area contributed by atoms with E-state index in [9.17, 15) is 9.59 Å². The Morgan fingerprint density at radius 1 is 1.21 bits per heavy atom. The highest BCUT2D eigenvalue weighted by atomic mass is 16.2. The number of nitrogens with zero attached hydrogens (tertiary/aromatic N) is 4. The molecule has 0 saturated carbocycles. The van der Waals surface area contributed by atoms with Crippen LogP contribution in [0.4, 0.5) is 0 Å². The molecule has 7 nitrogen and oxygen atoms in total. The molecule has 0 bridgehead atoms. The SMILES string of the molecule is Cc1nccc(C2CCN(CCn3c(=O)cc(C)[nH]c3=O)CC2)n1. The fraction of sp³-hybridized carbons (Fsp3) is 0.529. The molecule has 0 atom stereocenters. The molecule has 24 heavy (non-hydrogen) atoms. The zero-order valence-corrected chi connectivity index (χ0v) is 14.2. The van der Waals surface area contributed by atoms with Crippen LogP contribution in [0.1, 0.15) is 36.0 Å². The van der Waals surface area contributed by atoms with Crippen molar-refractivity contribution in [3.8, 4) is 0 Å². The highest BCUT2D eigenvalue weighted by molar-refractivity contribution is 5.09. The van der Waals surface area contributed by atoms with Gasteiger partial charge in [0.1, 0.15) is 5.82 Å². The molecule has 2 aromatic heterocycles. The molecular weight excluding hydrogens is 306 g/mol. The summed E-state index contributed by atoms with van der Waals surface area (Å²) in [5, 5.41) is 0. The Labute approximate surface area is 140 Å². The van der Waals surface area contributed by atoms with E-state index in [-0.39, 0.29) is 11.2 Å². The lowest BCUT2D eigenvalue weighted by atomic mass is 9.93. The van der Waals surface area contributed by atoms with Gasteiger partial charge in [-0.25, -0.2) is 14.8 Å². The van der Waals surface area contributed by atoms with E-state index in [1.165, 1.54) is 10.6 Å². The first-order valence-electron chi connectivity index (χ1n) is 8.35. The highest BCUT2D eigenvalue weighted by Gasteiger charge is 2.21. The van der Waals surface area contributed by atoms with Crippen LogP contribution in [0, 0.1) is 13.8 Å². The van der Waals surface area contributed by atoms with Crippen LogP contribution >= 0.6 is 0 Å². The second-order valence-electron chi connectivity index (χ2n) is 6.39. The molecule has 1 aliphatic heterocycles. The molecule has 0 radical (unpaired) electrons. The average molecular weight is 329 g/mol. The predicted molar refractivity (Wildman–Crippen MR) is 91.2 cm³/mol. The van der Waals surface area contributed by atoms with Crippen LogP contribution in [0.2, 0.25) is 0 Å². The molecule has 0 aliphatic carbocycles. The van der Waals surface area contributed by atoms with Crippen molar-refractivity contribution >= 4 is 0 Å². The van der Waals surface area contributed by atoms with E-state index in [0.717, 1.165) is 37.4 Å². The van der Waals surface area contributed by atoms with Crippen molar-refractivity contribution in [1.29, 1.82) is 0 Å². The summed E-state index contributed by atoms with van der Waals surface area (Å²) in [5.74, 6) is 1.28. The third-order valence-corrected chi connectivity index (χ3v) is 4.60. The van der Waals surface area contributed by atoms with Crippen LogP contribution in [0.15, 0.2) is 27.9 Å². The van der Waals surface area contributed by atoms with Crippen molar-refractivity contribution < 1.29 is 0 Å². The Bertz CT molecular complexity index is 787. The molecule has 3 heterocycles. The van der Waals surface area contributed by atoms with Gasteiger partial charge in [-0.3, -0.25) is 9.36 Å². The van der Waals surface area contributed by atoms with Crippen molar-refractivity contribution in [1.82, 2.24) is 24.4 Å². The Morgan fingerprint density at radius 3 is 2.62 bits per heavy atom. The lowest BCUT2D eigenvalue weighted by Gasteiger charge is -2.31. The maximum atomic E-state index is 11.9. The van der Waals surface area contributed by atoms with E-state index in [1.807, 2.05) is 19.2 Å². The highest BCUT2D eigenvalue weighted by Crippen LogP contribution is 2.26. The third kappa shape index (κ3) is 3.79. The summed E-state index contributed by atoms with van der Waals surface area (Å²) in [4.78, 5) is 37.4. The van der Waals surface area contributed by atoms with E-state index in [2.05, 4.69) is 19.9 Å². The number of nitrogens with one attached hydrogen (secondary N) is 1. The van der Waals surface area contributed by atoms with Crippen LogP contribution in [0.5, 0.6) is 0 Å². The first-order valence-corrected chi connectivity index (χ1v) is 8.35. The van der Waals surface area contributed by atoms with Gasteiger partial charge in [0.05, 0.1) is 0 Å². The molecule has 1 fully saturated rings. The van der Waals surface area contributed by atoms with Crippen molar-refractivity contribution in [3.05, 3.63) is 56.4 Å². The van der Waals surface area contributed by atoms with Crippen LogP contribution in [0.25, 0.3) is 0 Å². The van der Waals surface area contributed by atoms with Crippen molar-refractivity contribution in [3.63, 3.8) is 0 Å². The largest absolute Gasteiger partial charge is 0.328 e. The van der Waals surface area contributed by atoms with E-state index < -0.39 is 0 Å². The fourth-order valence-corrected chi connectivity index (χ4v) is 3.24. The van der Waals surface area contributed by atoms with Gasteiger partial charge in [-0.15, -0.1) is 0 Å². The summed E-state index contributed by atoms with van der Waals surface area (Å²) in [5.41, 5.74) is 1.16. The van der Waals surface area contributed by atoms with Crippen LogP contribution in [-0.2, 0) is 6.54 Å². The minimum atomic E-state index is -0.327. The van der Waals surface area contributed by atoms with E-state index in [1.54, 1.807) is 6.92 Å². The van der Waals surface area contributed by atoms with Gasteiger partial charge in [-0.05, 0) is 45.8 Å². The van der Waals surface area contributed by atoms with Crippen LogP contribution in [0.3, 0.4) is 0 Å². The molecule has 1 aliphatic rings. The maximum absolute atomic E-state index is 11.9. The van der Waals surface area contributed by atoms with Crippen molar-refractivity contribution in [2.45, 2.75) is 39.2 Å². The molecule has 0 aromatic carbocycles. The summed E-state index contributed by atoms with van der Waals surface area (Å²) in [6, 6.07) is 3.46. The number of H-pyrrole nitrogens is 1. The summed E-state index contributed by atoms with van der Waals surface area (Å²) in [6.07, 6.45) is 3.89. The second-order valence-corrected chi connectivity index (χ2v) is 6.39. The molecule has 0 unspecified atom stereocenters. The van der Waals surface area contributed by atoms with Gasteiger partial charge >= 0.3 is 5.69 Å². The Morgan fingerprint density at radius 2 is 1.96 bits per heavy atom. The topological polar surface area (TPSA) is 83.9 Å². The minimum Gasteiger partial charge on any atom is -0.311 e. The number of aromatic amines is 1. The molecule has 2 aromatic rings. The average Bonchev–Trinajstić information content (AvgIpc) is 2.54. The number of hydrogen-bond acceptors (Lipinski definition) is 5. The molecule has 3 rings (SSSR count). The second kappa shape index (κ2) is 7.09. The molecule has 1 saturated heterocycles. The van der Waals surface area contributed by atoms with Gasteiger partial charge in [0.2, 0.25) is 0 Å². The van der Waals surface area contributed by atoms with Crippen molar-refractivity contribution in [2.75, 3.05) is 19.6 Å². The molecular formula is C17H23N5O2. The van der Waals surface area contributed by atoms with Gasteiger partial charge in [-0.2, -0.15) is 0 Å². The van der Waals surface area contributed by atoms with Crippen LogP contribution < -0.4 is 11.2 Å². The summed E-state index contributed by atoms with van der Waals surface area (Å²) >= 11 is 0.